The van der Waals surface area contributed by atoms with Crippen molar-refractivity contribution in [1.29, 1.82) is 0 Å². The first-order valence-electron chi connectivity index (χ1n) is 11.0. The standard InChI is InChI=1S/C23H25N7O3S2/c1-2-33-23(31)29-35(32)18-9-7-17(8-10-18)27-22-25-16-19(20-6-3-15-34-20)21(28-22)24-11-4-13-30-14-5-12-26-30/h3,5-10,12,14-16,35H,2,4,11,13H2,1H3,(H2,24,25,27,28). The molecule has 2 N–H and O–H groups in total. The molecule has 12 heteroatoms. The first-order chi connectivity index (χ1) is 17.1. The first-order valence-corrected chi connectivity index (χ1v) is 13.1. The molecule has 0 saturated carbocycles. The summed E-state index contributed by atoms with van der Waals surface area (Å²) in [5.74, 6) is 1.16. The summed E-state index contributed by atoms with van der Waals surface area (Å²) in [7, 11) is -2.22. The van der Waals surface area contributed by atoms with Gasteiger partial charge in [-0.3, -0.25) is 4.68 Å². The van der Waals surface area contributed by atoms with Gasteiger partial charge in [-0.2, -0.15) is 10.1 Å². The summed E-state index contributed by atoms with van der Waals surface area (Å²) in [4.78, 5) is 22.1. The van der Waals surface area contributed by atoms with Crippen molar-refractivity contribution in [3.63, 3.8) is 0 Å². The van der Waals surface area contributed by atoms with Gasteiger partial charge in [-0.1, -0.05) is 6.07 Å². The molecular formula is C23H25N7O3S2. The van der Waals surface area contributed by atoms with Gasteiger partial charge in [0.1, 0.15) is 5.82 Å². The molecular weight excluding hydrogens is 486 g/mol. The Hall–Kier alpha value is -3.77. The average Bonchev–Trinajstić information content (AvgIpc) is 3.57. The van der Waals surface area contributed by atoms with E-state index in [1.807, 2.05) is 34.5 Å². The second-order valence-electron chi connectivity index (χ2n) is 7.23. The van der Waals surface area contributed by atoms with Crippen molar-refractivity contribution in [3.05, 3.63) is 66.4 Å². The van der Waals surface area contributed by atoms with E-state index < -0.39 is 16.7 Å². The van der Waals surface area contributed by atoms with Crippen molar-refractivity contribution in [1.82, 2.24) is 19.7 Å². The molecule has 0 bridgehead atoms. The van der Waals surface area contributed by atoms with E-state index in [0.29, 0.717) is 16.5 Å². The topological polar surface area (TPSA) is 123 Å². The van der Waals surface area contributed by atoms with Crippen LogP contribution in [0.4, 0.5) is 22.2 Å². The number of hydrogen-bond donors (Lipinski definition) is 3. The van der Waals surface area contributed by atoms with Gasteiger partial charge in [0.05, 0.1) is 22.8 Å². The molecule has 0 fully saturated rings. The van der Waals surface area contributed by atoms with Gasteiger partial charge in [0.15, 0.2) is 0 Å². The number of aromatic nitrogens is 4. The molecule has 0 saturated heterocycles. The molecule has 0 aliphatic rings. The van der Waals surface area contributed by atoms with Gasteiger partial charge in [-0.15, -0.1) is 15.7 Å². The number of rotatable bonds is 10. The summed E-state index contributed by atoms with van der Waals surface area (Å²) in [6.07, 6.45) is 5.55. The van der Waals surface area contributed by atoms with Crippen LogP contribution < -0.4 is 10.6 Å². The van der Waals surface area contributed by atoms with Crippen LogP contribution in [0.2, 0.25) is 0 Å². The summed E-state index contributed by atoms with van der Waals surface area (Å²) >= 11 is 1.62. The van der Waals surface area contributed by atoms with E-state index in [-0.39, 0.29) is 6.61 Å². The highest BCUT2D eigenvalue weighted by atomic mass is 32.2. The maximum absolute atomic E-state index is 12.2. The van der Waals surface area contributed by atoms with Crippen molar-refractivity contribution >= 4 is 45.5 Å². The van der Waals surface area contributed by atoms with Crippen LogP contribution in [0.1, 0.15) is 13.3 Å². The lowest BCUT2D eigenvalue weighted by Gasteiger charge is -2.12. The quantitative estimate of drug-likeness (QED) is 0.204. The summed E-state index contributed by atoms with van der Waals surface area (Å²) in [5.41, 5.74) is 1.64. The normalized spacial score (nSPS) is 11.8. The van der Waals surface area contributed by atoms with E-state index in [1.54, 1.807) is 54.9 Å². The molecule has 1 aromatic carbocycles. The molecule has 1 atom stereocenters. The Morgan fingerprint density at radius 1 is 1.23 bits per heavy atom. The van der Waals surface area contributed by atoms with Crippen LogP contribution in [0.25, 0.3) is 10.4 Å². The summed E-state index contributed by atoms with van der Waals surface area (Å²) in [5, 5.41) is 12.8. The minimum Gasteiger partial charge on any atom is -0.448 e. The Bertz CT molecular complexity index is 1320. The molecule has 4 rings (SSSR count). The van der Waals surface area contributed by atoms with E-state index in [2.05, 4.69) is 30.1 Å². The predicted octanol–water partition coefficient (Wildman–Crippen LogP) is 4.83. The summed E-state index contributed by atoms with van der Waals surface area (Å²) in [6.45, 7) is 3.38. The van der Waals surface area contributed by atoms with Crippen molar-refractivity contribution in [2.45, 2.75) is 24.8 Å². The number of benzene rings is 1. The smallest absolute Gasteiger partial charge is 0.441 e. The van der Waals surface area contributed by atoms with Gasteiger partial charge in [-0.25, -0.2) is 14.0 Å². The van der Waals surface area contributed by atoms with E-state index in [0.717, 1.165) is 35.8 Å². The van der Waals surface area contributed by atoms with Crippen molar-refractivity contribution < 1.29 is 13.7 Å². The zero-order valence-electron chi connectivity index (χ0n) is 19.0. The molecule has 182 valence electrons. The maximum Gasteiger partial charge on any atom is 0.441 e. The first kappa shape index (κ1) is 24.4. The number of thiol groups is 1. The number of hydrogen-bond acceptors (Lipinski definition) is 9. The van der Waals surface area contributed by atoms with Crippen molar-refractivity contribution in [2.24, 2.45) is 4.36 Å². The average molecular weight is 512 g/mol. The predicted molar refractivity (Wildman–Crippen MR) is 138 cm³/mol. The van der Waals surface area contributed by atoms with Crippen LogP contribution in [0.5, 0.6) is 0 Å². The molecule has 0 radical (unpaired) electrons. The Morgan fingerprint density at radius 3 is 2.80 bits per heavy atom. The Kier molecular flexibility index (Phi) is 8.41. The highest BCUT2D eigenvalue weighted by molar-refractivity contribution is 7.75. The Morgan fingerprint density at radius 2 is 2.09 bits per heavy atom. The monoisotopic (exact) mass is 511 g/mol. The molecule has 0 aliphatic heterocycles. The fourth-order valence-electron chi connectivity index (χ4n) is 3.16. The fraction of sp³-hybridized carbons (Fsp3) is 0.217. The van der Waals surface area contributed by atoms with E-state index in [9.17, 15) is 9.00 Å². The largest absolute Gasteiger partial charge is 0.448 e. The minimum absolute atomic E-state index is 0.181. The summed E-state index contributed by atoms with van der Waals surface area (Å²) in [6, 6.07) is 12.7. The van der Waals surface area contributed by atoms with Crippen LogP contribution in [0.15, 0.2) is 75.7 Å². The maximum atomic E-state index is 12.2. The number of thiophene rings is 1. The third kappa shape index (κ3) is 6.87. The summed E-state index contributed by atoms with van der Waals surface area (Å²) < 4.78 is 22.4. The number of ether oxygens (including phenoxy) is 1. The van der Waals surface area contributed by atoms with Crippen molar-refractivity contribution in [2.75, 3.05) is 23.8 Å². The third-order valence-corrected chi connectivity index (χ3v) is 6.76. The zero-order valence-corrected chi connectivity index (χ0v) is 20.7. The number of nitrogens with zero attached hydrogens (tertiary/aromatic N) is 5. The molecule has 0 spiro atoms. The minimum atomic E-state index is -2.22. The highest BCUT2D eigenvalue weighted by Crippen LogP contribution is 2.31. The lowest BCUT2D eigenvalue weighted by Crippen LogP contribution is -2.10. The number of carbonyl (C=O) groups excluding carboxylic acids is 1. The van der Waals surface area contributed by atoms with Crippen LogP contribution in [0.3, 0.4) is 0 Å². The van der Waals surface area contributed by atoms with Gasteiger partial charge in [-0.05, 0) is 55.1 Å². The highest BCUT2D eigenvalue weighted by Gasteiger charge is 2.11. The number of anilines is 3. The SMILES string of the molecule is CCOC(=O)N=[SH](=O)c1ccc(Nc2ncc(-c3cccs3)c(NCCCn3cccn3)n2)cc1. The van der Waals surface area contributed by atoms with Gasteiger partial charge in [0.2, 0.25) is 5.95 Å². The molecule has 1 amide bonds. The lowest BCUT2D eigenvalue weighted by atomic mass is 10.2. The van der Waals surface area contributed by atoms with E-state index in [4.69, 9.17) is 4.74 Å². The second kappa shape index (κ2) is 12.1. The van der Waals surface area contributed by atoms with Gasteiger partial charge < -0.3 is 15.4 Å². The molecule has 0 aliphatic carbocycles. The molecule has 4 aromatic rings. The number of aryl methyl sites for hydroxylation is 1. The number of nitrogens with one attached hydrogen (secondary N) is 2. The fourth-order valence-corrected chi connectivity index (χ4v) is 4.62. The second-order valence-corrected chi connectivity index (χ2v) is 9.44. The molecule has 3 aromatic heterocycles. The Labute approximate surface area is 208 Å². The third-order valence-electron chi connectivity index (χ3n) is 4.78. The van der Waals surface area contributed by atoms with Crippen LogP contribution in [0, 0.1) is 0 Å². The van der Waals surface area contributed by atoms with E-state index in [1.165, 1.54) is 0 Å². The molecule has 10 nitrogen and oxygen atoms in total. The lowest BCUT2D eigenvalue weighted by molar-refractivity contribution is 0.164. The van der Waals surface area contributed by atoms with Crippen LogP contribution >= 0.6 is 11.3 Å². The van der Waals surface area contributed by atoms with E-state index >= 15 is 0 Å². The number of carbonyl (C=O) groups is 1. The van der Waals surface area contributed by atoms with Crippen LogP contribution in [-0.4, -0.2) is 43.2 Å². The van der Waals surface area contributed by atoms with Crippen LogP contribution in [-0.2, 0) is 21.9 Å². The van der Waals surface area contributed by atoms with Gasteiger partial charge in [0, 0.05) is 47.1 Å². The zero-order chi connectivity index (χ0) is 24.5. The Balaban J connectivity index is 1.46. The molecule has 3 heterocycles. The van der Waals surface area contributed by atoms with Crippen molar-refractivity contribution in [3.8, 4) is 10.4 Å². The molecule has 1 unspecified atom stereocenters. The van der Waals surface area contributed by atoms with Gasteiger partial charge >= 0.3 is 6.09 Å². The number of amides is 1. The molecule has 35 heavy (non-hydrogen) atoms. The van der Waals surface area contributed by atoms with Gasteiger partial charge in [0.25, 0.3) is 0 Å².